The molecule has 134 valence electrons. The molecule has 0 saturated carbocycles. The first-order chi connectivity index (χ1) is 12.0. The number of carboxylic acid groups (broad SMARTS) is 1. The van der Waals surface area contributed by atoms with Gasteiger partial charge in [0.1, 0.15) is 18.2 Å². The van der Waals surface area contributed by atoms with E-state index in [4.69, 9.17) is 15.6 Å². The van der Waals surface area contributed by atoms with Gasteiger partial charge in [-0.05, 0) is 30.7 Å². The van der Waals surface area contributed by atoms with Gasteiger partial charge in [0, 0.05) is 24.8 Å². The molecule has 0 bridgehead atoms. The van der Waals surface area contributed by atoms with Crippen molar-refractivity contribution in [1.82, 2.24) is 10.3 Å². The zero-order chi connectivity index (χ0) is 18.2. The minimum absolute atomic E-state index is 0.379. The molecule has 7 nitrogen and oxygen atoms in total. The molecule has 1 aromatic carbocycles. The van der Waals surface area contributed by atoms with Crippen LogP contribution in [0.3, 0.4) is 0 Å². The lowest BCUT2D eigenvalue weighted by Crippen LogP contribution is -2.26. The van der Waals surface area contributed by atoms with Crippen molar-refractivity contribution < 1.29 is 19.7 Å². The van der Waals surface area contributed by atoms with E-state index in [0.29, 0.717) is 36.8 Å². The van der Waals surface area contributed by atoms with E-state index in [1.54, 1.807) is 49.5 Å². The molecule has 0 aliphatic heterocycles. The number of hydrogen-bond acceptors (Lipinski definition) is 6. The lowest BCUT2D eigenvalue weighted by atomic mass is 10.0. The van der Waals surface area contributed by atoms with Crippen LogP contribution >= 0.6 is 0 Å². The zero-order valence-electron chi connectivity index (χ0n) is 14.1. The van der Waals surface area contributed by atoms with Crippen LogP contribution in [0.4, 0.5) is 5.82 Å². The molecule has 0 fully saturated rings. The van der Waals surface area contributed by atoms with Crippen LogP contribution in [0.5, 0.6) is 5.75 Å². The Kier molecular flexibility index (Phi) is 6.73. The first-order valence-electron chi connectivity index (χ1n) is 8.03. The first-order valence-corrected chi connectivity index (χ1v) is 8.03. The molecule has 0 aliphatic carbocycles. The minimum atomic E-state index is -0.854. The third-order valence-electron chi connectivity index (χ3n) is 3.83. The summed E-state index contributed by atoms with van der Waals surface area (Å²) in [5.41, 5.74) is 6.94. The number of anilines is 1. The largest absolute Gasteiger partial charge is 0.492 e. The highest BCUT2D eigenvalue weighted by Crippen LogP contribution is 2.19. The molecule has 1 aromatic heterocycles. The second-order valence-electron chi connectivity index (χ2n) is 5.71. The fourth-order valence-electron chi connectivity index (χ4n) is 2.21. The van der Waals surface area contributed by atoms with Crippen LogP contribution in [-0.2, 0) is 4.79 Å². The summed E-state index contributed by atoms with van der Waals surface area (Å²) in [6.45, 7) is 3.02. The molecule has 0 aliphatic rings. The number of aromatic nitrogens is 1. The van der Waals surface area contributed by atoms with E-state index < -0.39 is 18.0 Å². The maximum atomic E-state index is 10.9. The van der Waals surface area contributed by atoms with Gasteiger partial charge in [-0.25, -0.2) is 4.98 Å². The number of benzene rings is 1. The van der Waals surface area contributed by atoms with Crippen LogP contribution in [0, 0.1) is 0 Å². The van der Waals surface area contributed by atoms with Gasteiger partial charge in [-0.2, -0.15) is 0 Å². The van der Waals surface area contributed by atoms with Crippen molar-refractivity contribution in [1.29, 1.82) is 0 Å². The summed E-state index contributed by atoms with van der Waals surface area (Å²) in [6, 6.07) is 10.4. The Balaban J connectivity index is 1.69. The number of ether oxygens (including phenoxy) is 1. The summed E-state index contributed by atoms with van der Waals surface area (Å²) in [5, 5.41) is 22.1. The van der Waals surface area contributed by atoms with Gasteiger partial charge >= 0.3 is 5.97 Å². The Labute approximate surface area is 146 Å². The fourth-order valence-corrected chi connectivity index (χ4v) is 2.21. The van der Waals surface area contributed by atoms with Crippen LogP contribution in [0.2, 0.25) is 0 Å². The van der Waals surface area contributed by atoms with E-state index in [9.17, 15) is 9.90 Å². The van der Waals surface area contributed by atoms with Gasteiger partial charge in [0.25, 0.3) is 0 Å². The molecule has 2 rings (SSSR count). The number of nitrogen functional groups attached to an aromatic ring is 1. The number of nitrogens with two attached hydrogens (primary N) is 1. The maximum absolute atomic E-state index is 10.9. The third kappa shape index (κ3) is 5.74. The highest BCUT2D eigenvalue weighted by Gasteiger charge is 2.13. The second-order valence-corrected chi connectivity index (χ2v) is 5.71. The number of aliphatic hydroxyl groups excluding tert-OH is 1. The zero-order valence-corrected chi connectivity index (χ0v) is 14.1. The molecular formula is C18H23N3O4. The van der Waals surface area contributed by atoms with Gasteiger partial charge in [0.05, 0.1) is 12.0 Å². The average molecular weight is 345 g/mol. The summed E-state index contributed by atoms with van der Waals surface area (Å²) in [7, 11) is 0. The van der Waals surface area contributed by atoms with Gasteiger partial charge in [-0.3, -0.25) is 4.79 Å². The molecule has 1 heterocycles. The highest BCUT2D eigenvalue weighted by molar-refractivity contribution is 5.75. The summed E-state index contributed by atoms with van der Waals surface area (Å²) >= 11 is 0. The molecule has 25 heavy (non-hydrogen) atoms. The first kappa shape index (κ1) is 18.7. The van der Waals surface area contributed by atoms with E-state index in [2.05, 4.69) is 10.3 Å². The summed E-state index contributed by atoms with van der Waals surface area (Å²) in [6.07, 6.45) is 0.891. The molecule has 0 amide bonds. The van der Waals surface area contributed by atoms with Crippen LogP contribution in [-0.4, -0.2) is 40.9 Å². The van der Waals surface area contributed by atoms with Crippen molar-refractivity contribution in [3.05, 3.63) is 53.7 Å². The van der Waals surface area contributed by atoms with Crippen LogP contribution < -0.4 is 15.8 Å². The Morgan fingerprint density at radius 1 is 1.24 bits per heavy atom. The molecule has 7 heteroatoms. The fraction of sp³-hybridized carbons (Fsp3) is 0.333. The van der Waals surface area contributed by atoms with Crippen LogP contribution in [0.25, 0.3) is 0 Å². The van der Waals surface area contributed by atoms with Gasteiger partial charge < -0.3 is 26.0 Å². The minimum Gasteiger partial charge on any atom is -0.492 e. The molecule has 0 spiro atoms. The molecule has 5 N–H and O–H groups in total. The molecule has 1 unspecified atom stereocenters. The van der Waals surface area contributed by atoms with Crippen molar-refractivity contribution in [3.8, 4) is 5.75 Å². The van der Waals surface area contributed by atoms with Crippen molar-refractivity contribution >= 4 is 11.8 Å². The maximum Gasteiger partial charge on any atom is 0.310 e. The number of nitrogens with one attached hydrogen (secondary N) is 1. The Morgan fingerprint density at radius 3 is 2.52 bits per heavy atom. The molecule has 0 saturated heterocycles. The monoisotopic (exact) mass is 345 g/mol. The van der Waals surface area contributed by atoms with Crippen LogP contribution in [0.15, 0.2) is 42.6 Å². The van der Waals surface area contributed by atoms with Gasteiger partial charge in [0.15, 0.2) is 0 Å². The molecule has 2 atom stereocenters. The smallest absolute Gasteiger partial charge is 0.310 e. The number of pyridine rings is 1. The Morgan fingerprint density at radius 2 is 1.92 bits per heavy atom. The standard InChI is InChI=1S/C18H23N3O4/c1-12(18(23)24)13-2-5-15(6-3-13)25-9-8-20-11-16(22)14-4-7-17(19)21-10-14/h2-7,10,12,16,20,22H,8-9,11H2,1H3,(H2,19,21)(H,23,24)/t12?,16-/m0/s1. The second kappa shape index (κ2) is 9.00. The number of hydrogen-bond donors (Lipinski definition) is 4. The Bertz CT molecular complexity index is 674. The number of rotatable bonds is 9. The van der Waals surface area contributed by atoms with E-state index in [1.807, 2.05) is 0 Å². The van der Waals surface area contributed by atoms with E-state index in [0.717, 1.165) is 5.56 Å². The van der Waals surface area contributed by atoms with Crippen molar-refractivity contribution in [2.45, 2.75) is 18.9 Å². The molecule has 0 radical (unpaired) electrons. The number of nitrogens with zero attached hydrogens (tertiary/aromatic N) is 1. The van der Waals surface area contributed by atoms with Gasteiger partial charge in [-0.1, -0.05) is 18.2 Å². The predicted octanol–water partition coefficient (Wildman–Crippen LogP) is 1.55. The number of aliphatic carboxylic acids is 1. The van der Waals surface area contributed by atoms with Gasteiger partial charge in [-0.15, -0.1) is 0 Å². The number of carbonyl (C=O) groups is 1. The number of aliphatic hydroxyl groups is 1. The highest BCUT2D eigenvalue weighted by atomic mass is 16.5. The summed E-state index contributed by atoms with van der Waals surface area (Å²) in [4.78, 5) is 14.9. The van der Waals surface area contributed by atoms with E-state index >= 15 is 0 Å². The quantitative estimate of drug-likeness (QED) is 0.509. The van der Waals surface area contributed by atoms with E-state index in [1.165, 1.54) is 0 Å². The van der Waals surface area contributed by atoms with Crippen molar-refractivity contribution in [3.63, 3.8) is 0 Å². The normalized spacial score (nSPS) is 13.2. The lowest BCUT2D eigenvalue weighted by molar-refractivity contribution is -0.138. The molecular weight excluding hydrogens is 322 g/mol. The van der Waals surface area contributed by atoms with E-state index in [-0.39, 0.29) is 0 Å². The lowest BCUT2D eigenvalue weighted by Gasteiger charge is -2.13. The SMILES string of the molecule is CC(C(=O)O)c1ccc(OCCNC[C@H](O)c2ccc(N)nc2)cc1. The predicted molar refractivity (Wildman–Crippen MR) is 94.5 cm³/mol. The van der Waals surface area contributed by atoms with Crippen molar-refractivity contribution in [2.24, 2.45) is 0 Å². The van der Waals surface area contributed by atoms with Crippen LogP contribution in [0.1, 0.15) is 30.1 Å². The number of carboxylic acids is 1. The van der Waals surface area contributed by atoms with Crippen molar-refractivity contribution in [2.75, 3.05) is 25.4 Å². The average Bonchev–Trinajstić information content (AvgIpc) is 2.61. The summed E-state index contributed by atoms with van der Waals surface area (Å²) in [5.74, 6) is -0.305. The van der Waals surface area contributed by atoms with Gasteiger partial charge in [0.2, 0.25) is 0 Å². The third-order valence-corrected chi connectivity index (χ3v) is 3.83. The topological polar surface area (TPSA) is 118 Å². The molecule has 2 aromatic rings. The Hall–Kier alpha value is -2.64. The summed E-state index contributed by atoms with van der Waals surface area (Å²) < 4.78 is 5.58.